The molecule has 1 saturated heterocycles. The summed E-state index contributed by atoms with van der Waals surface area (Å²) in [5.41, 5.74) is 3.03. The topological polar surface area (TPSA) is 66.9 Å². The smallest absolute Gasteiger partial charge is 0.225 e. The molecule has 0 radical (unpaired) electrons. The van der Waals surface area contributed by atoms with Gasteiger partial charge in [-0.1, -0.05) is 0 Å². The van der Waals surface area contributed by atoms with Crippen molar-refractivity contribution in [1.82, 2.24) is 19.9 Å². The molecule has 6 nitrogen and oxygen atoms in total. The summed E-state index contributed by atoms with van der Waals surface area (Å²) in [6.45, 7) is 8.15. The number of aryl methyl sites for hydroxylation is 3. The number of rotatable bonds is 2. The van der Waals surface area contributed by atoms with E-state index in [0.717, 1.165) is 41.9 Å². The third-order valence-electron chi connectivity index (χ3n) is 3.35. The zero-order valence-electron chi connectivity index (χ0n) is 12.1. The van der Waals surface area contributed by atoms with Crippen molar-refractivity contribution in [3.63, 3.8) is 0 Å². The van der Waals surface area contributed by atoms with Crippen LogP contribution in [0, 0.1) is 20.8 Å². The minimum Gasteiger partial charge on any atom is -0.367 e. The van der Waals surface area contributed by atoms with Crippen molar-refractivity contribution in [1.29, 1.82) is 0 Å². The molecular weight excluding hydrogens is 254 g/mol. The normalized spacial score (nSPS) is 19.4. The van der Waals surface area contributed by atoms with Gasteiger partial charge in [-0.25, -0.2) is 15.0 Å². The van der Waals surface area contributed by atoms with Crippen molar-refractivity contribution in [3.05, 3.63) is 35.2 Å². The maximum Gasteiger partial charge on any atom is 0.225 e. The summed E-state index contributed by atoms with van der Waals surface area (Å²) in [7, 11) is 0. The van der Waals surface area contributed by atoms with E-state index in [4.69, 9.17) is 4.74 Å². The first-order valence-corrected chi connectivity index (χ1v) is 6.82. The summed E-state index contributed by atoms with van der Waals surface area (Å²) >= 11 is 0. The molecule has 20 heavy (non-hydrogen) atoms. The fourth-order valence-corrected chi connectivity index (χ4v) is 2.44. The summed E-state index contributed by atoms with van der Waals surface area (Å²) in [4.78, 5) is 18.8. The van der Waals surface area contributed by atoms with E-state index < -0.39 is 0 Å². The van der Waals surface area contributed by atoms with Crippen molar-refractivity contribution in [2.75, 3.05) is 24.6 Å². The number of ether oxygens (including phenoxy) is 1. The molecule has 0 spiro atoms. The molecule has 106 valence electrons. The Bertz CT molecular complexity index is 589. The van der Waals surface area contributed by atoms with Crippen LogP contribution in [0.5, 0.6) is 0 Å². The first kappa shape index (κ1) is 13.1. The van der Waals surface area contributed by atoms with E-state index in [1.165, 1.54) is 0 Å². The van der Waals surface area contributed by atoms with Crippen LogP contribution in [-0.4, -0.2) is 39.6 Å². The highest BCUT2D eigenvalue weighted by Crippen LogP contribution is 2.22. The van der Waals surface area contributed by atoms with E-state index in [1.54, 1.807) is 0 Å². The van der Waals surface area contributed by atoms with Gasteiger partial charge in [-0.15, -0.1) is 0 Å². The minimum absolute atomic E-state index is 0.0538. The summed E-state index contributed by atoms with van der Waals surface area (Å²) in [5.74, 6) is 1.65. The molecule has 0 unspecified atom stereocenters. The number of aromatic nitrogens is 4. The minimum atomic E-state index is -0.0538. The van der Waals surface area contributed by atoms with Gasteiger partial charge in [0.15, 0.2) is 0 Å². The van der Waals surface area contributed by atoms with Gasteiger partial charge in [0, 0.05) is 29.8 Å². The zero-order chi connectivity index (χ0) is 14.1. The number of H-pyrrole nitrogens is 1. The Labute approximate surface area is 118 Å². The second-order valence-electron chi connectivity index (χ2n) is 5.21. The van der Waals surface area contributed by atoms with Crippen LogP contribution in [0.25, 0.3) is 0 Å². The van der Waals surface area contributed by atoms with Gasteiger partial charge in [0.2, 0.25) is 5.95 Å². The number of hydrogen-bond donors (Lipinski definition) is 1. The Morgan fingerprint density at radius 1 is 1.25 bits per heavy atom. The lowest BCUT2D eigenvalue weighted by molar-refractivity contribution is 0.0339. The number of morpholine rings is 1. The predicted molar refractivity (Wildman–Crippen MR) is 75.7 cm³/mol. The van der Waals surface area contributed by atoms with Gasteiger partial charge in [0.25, 0.3) is 0 Å². The third kappa shape index (κ3) is 2.65. The molecule has 0 aromatic carbocycles. The van der Waals surface area contributed by atoms with Crippen molar-refractivity contribution in [3.8, 4) is 0 Å². The zero-order valence-corrected chi connectivity index (χ0v) is 12.1. The van der Waals surface area contributed by atoms with Gasteiger partial charge in [-0.3, -0.25) is 0 Å². The monoisotopic (exact) mass is 273 g/mol. The lowest BCUT2D eigenvalue weighted by Crippen LogP contribution is -2.39. The van der Waals surface area contributed by atoms with Crippen molar-refractivity contribution in [2.24, 2.45) is 0 Å². The number of nitrogens with one attached hydrogen (secondary N) is 1. The second-order valence-corrected chi connectivity index (χ2v) is 5.21. The molecule has 0 aliphatic carbocycles. The molecule has 1 atom stereocenters. The van der Waals surface area contributed by atoms with E-state index in [2.05, 4.69) is 24.8 Å². The van der Waals surface area contributed by atoms with E-state index in [0.29, 0.717) is 6.61 Å². The SMILES string of the molecule is Cc1cc(C)nc(N2CCO[C@@H](c3ncc(C)[nH]3)C2)n1. The lowest BCUT2D eigenvalue weighted by atomic mass is 10.2. The van der Waals surface area contributed by atoms with Gasteiger partial charge < -0.3 is 14.6 Å². The van der Waals surface area contributed by atoms with Crippen LogP contribution in [0.15, 0.2) is 12.3 Å². The van der Waals surface area contributed by atoms with Crippen LogP contribution in [0.1, 0.15) is 29.0 Å². The molecule has 1 aliphatic heterocycles. The average Bonchev–Trinajstić information content (AvgIpc) is 2.85. The van der Waals surface area contributed by atoms with Crippen LogP contribution >= 0.6 is 0 Å². The predicted octanol–water partition coefficient (Wildman–Crippen LogP) is 1.70. The summed E-state index contributed by atoms with van der Waals surface area (Å²) < 4.78 is 5.80. The summed E-state index contributed by atoms with van der Waals surface area (Å²) in [6, 6.07) is 1.98. The molecule has 0 amide bonds. The largest absolute Gasteiger partial charge is 0.367 e. The van der Waals surface area contributed by atoms with Gasteiger partial charge >= 0.3 is 0 Å². The first-order chi connectivity index (χ1) is 9.61. The Balaban J connectivity index is 1.81. The molecule has 2 aromatic heterocycles. The van der Waals surface area contributed by atoms with Gasteiger partial charge in [0.1, 0.15) is 11.9 Å². The lowest BCUT2D eigenvalue weighted by Gasteiger charge is -2.32. The van der Waals surface area contributed by atoms with Gasteiger partial charge in [-0.05, 0) is 26.8 Å². The van der Waals surface area contributed by atoms with Crippen molar-refractivity contribution in [2.45, 2.75) is 26.9 Å². The van der Waals surface area contributed by atoms with Crippen LogP contribution < -0.4 is 4.90 Å². The molecule has 6 heteroatoms. The maximum atomic E-state index is 5.80. The number of aromatic amines is 1. The van der Waals surface area contributed by atoms with Crippen LogP contribution in [0.4, 0.5) is 5.95 Å². The van der Waals surface area contributed by atoms with E-state index in [-0.39, 0.29) is 6.10 Å². The van der Waals surface area contributed by atoms with E-state index >= 15 is 0 Å². The molecule has 2 aromatic rings. The van der Waals surface area contributed by atoms with Crippen molar-refractivity contribution >= 4 is 5.95 Å². The maximum absolute atomic E-state index is 5.80. The molecule has 1 N–H and O–H groups in total. The fraction of sp³-hybridized carbons (Fsp3) is 0.500. The highest BCUT2D eigenvalue weighted by atomic mass is 16.5. The number of imidazole rings is 1. The molecule has 3 heterocycles. The van der Waals surface area contributed by atoms with E-state index in [9.17, 15) is 0 Å². The molecule has 3 rings (SSSR count). The molecule has 1 fully saturated rings. The third-order valence-corrected chi connectivity index (χ3v) is 3.35. The van der Waals surface area contributed by atoms with Crippen LogP contribution in [-0.2, 0) is 4.74 Å². The second kappa shape index (κ2) is 5.20. The van der Waals surface area contributed by atoms with Crippen LogP contribution in [0.3, 0.4) is 0 Å². The van der Waals surface area contributed by atoms with Gasteiger partial charge in [0.05, 0.1) is 13.2 Å². The summed E-state index contributed by atoms with van der Waals surface area (Å²) in [6.07, 6.45) is 1.77. The molecule has 0 bridgehead atoms. The molecular formula is C14H19N5O. The standard InChI is InChI=1S/C14H19N5O/c1-9-6-10(2)18-14(17-9)19-4-5-20-12(8-19)13-15-7-11(3)16-13/h6-7,12H,4-5,8H2,1-3H3,(H,15,16)/t12-/m1/s1. The Kier molecular flexibility index (Phi) is 3.40. The Morgan fingerprint density at radius 2 is 2.00 bits per heavy atom. The number of anilines is 1. The average molecular weight is 273 g/mol. The quantitative estimate of drug-likeness (QED) is 0.902. The molecule has 1 aliphatic rings. The number of nitrogens with zero attached hydrogens (tertiary/aromatic N) is 4. The van der Waals surface area contributed by atoms with Crippen molar-refractivity contribution < 1.29 is 4.74 Å². The summed E-state index contributed by atoms with van der Waals surface area (Å²) in [5, 5.41) is 0. The highest BCUT2D eigenvalue weighted by molar-refractivity contribution is 5.33. The molecule has 0 saturated carbocycles. The Morgan fingerprint density at radius 3 is 2.65 bits per heavy atom. The first-order valence-electron chi connectivity index (χ1n) is 6.82. The van der Waals surface area contributed by atoms with Gasteiger partial charge in [-0.2, -0.15) is 0 Å². The van der Waals surface area contributed by atoms with Crippen LogP contribution in [0.2, 0.25) is 0 Å². The number of hydrogen-bond acceptors (Lipinski definition) is 5. The fourth-order valence-electron chi connectivity index (χ4n) is 2.44. The Hall–Kier alpha value is -1.95. The highest BCUT2D eigenvalue weighted by Gasteiger charge is 2.25. The van der Waals surface area contributed by atoms with E-state index in [1.807, 2.05) is 33.0 Å².